The second-order valence-corrected chi connectivity index (χ2v) is 4.51. The maximum Gasteiger partial charge on any atom is 0.0320 e. The van der Waals surface area contributed by atoms with Crippen LogP contribution in [0.15, 0.2) is 54.6 Å². The SMILES string of the molecule is Nc1ccc2c(c1)-c1cccc3cccc-2c13. The van der Waals surface area contributed by atoms with Crippen molar-refractivity contribution >= 4 is 16.5 Å². The third-order valence-corrected chi connectivity index (χ3v) is 3.53. The largest absolute Gasteiger partial charge is 0.399 e. The number of hydrogen-bond acceptors (Lipinski definition) is 1. The van der Waals surface area contributed by atoms with Crippen molar-refractivity contribution < 1.29 is 0 Å². The molecule has 17 heavy (non-hydrogen) atoms. The van der Waals surface area contributed by atoms with Gasteiger partial charge in [0, 0.05) is 5.69 Å². The minimum atomic E-state index is 0.827. The van der Waals surface area contributed by atoms with Crippen molar-refractivity contribution in [3.63, 3.8) is 0 Å². The van der Waals surface area contributed by atoms with Crippen LogP contribution in [0.1, 0.15) is 0 Å². The van der Waals surface area contributed by atoms with Crippen molar-refractivity contribution in [1.82, 2.24) is 0 Å². The molecular formula is C16H11N. The summed E-state index contributed by atoms with van der Waals surface area (Å²) < 4.78 is 0. The van der Waals surface area contributed by atoms with Gasteiger partial charge in [-0.15, -0.1) is 0 Å². The molecule has 1 nitrogen and oxygen atoms in total. The fourth-order valence-electron chi connectivity index (χ4n) is 2.81. The molecule has 1 aliphatic carbocycles. The zero-order valence-electron chi connectivity index (χ0n) is 9.27. The van der Waals surface area contributed by atoms with Crippen LogP contribution in [-0.2, 0) is 0 Å². The van der Waals surface area contributed by atoms with Crippen molar-refractivity contribution in [1.29, 1.82) is 0 Å². The molecule has 0 unspecified atom stereocenters. The molecule has 0 saturated heterocycles. The van der Waals surface area contributed by atoms with Crippen LogP contribution in [0.5, 0.6) is 0 Å². The van der Waals surface area contributed by atoms with Crippen LogP contribution in [0.25, 0.3) is 33.0 Å². The van der Waals surface area contributed by atoms with E-state index in [1.807, 2.05) is 6.07 Å². The van der Waals surface area contributed by atoms with E-state index in [2.05, 4.69) is 48.5 Å². The molecule has 3 aromatic carbocycles. The number of nitrogens with two attached hydrogens (primary N) is 1. The molecule has 0 radical (unpaired) electrons. The topological polar surface area (TPSA) is 26.0 Å². The molecule has 1 heteroatoms. The van der Waals surface area contributed by atoms with E-state index in [1.54, 1.807) is 0 Å². The summed E-state index contributed by atoms with van der Waals surface area (Å²) in [7, 11) is 0. The molecule has 0 fully saturated rings. The van der Waals surface area contributed by atoms with Crippen molar-refractivity contribution in [3.8, 4) is 22.3 Å². The average molecular weight is 217 g/mol. The minimum Gasteiger partial charge on any atom is -0.399 e. The van der Waals surface area contributed by atoms with E-state index >= 15 is 0 Å². The summed E-state index contributed by atoms with van der Waals surface area (Å²) in [6.07, 6.45) is 0. The van der Waals surface area contributed by atoms with Gasteiger partial charge in [-0.05, 0) is 45.2 Å². The van der Waals surface area contributed by atoms with Crippen LogP contribution in [0.3, 0.4) is 0 Å². The van der Waals surface area contributed by atoms with Crippen LogP contribution in [0.4, 0.5) is 5.69 Å². The molecule has 0 spiro atoms. The van der Waals surface area contributed by atoms with E-state index in [0.29, 0.717) is 0 Å². The van der Waals surface area contributed by atoms with Crippen LogP contribution in [0.2, 0.25) is 0 Å². The highest BCUT2D eigenvalue weighted by Crippen LogP contribution is 2.47. The molecule has 3 aromatic rings. The van der Waals surface area contributed by atoms with Crippen molar-refractivity contribution in [3.05, 3.63) is 54.6 Å². The highest BCUT2D eigenvalue weighted by Gasteiger charge is 2.20. The highest BCUT2D eigenvalue weighted by molar-refractivity contribution is 6.15. The van der Waals surface area contributed by atoms with Gasteiger partial charge in [0.2, 0.25) is 0 Å². The summed E-state index contributed by atoms with van der Waals surface area (Å²) >= 11 is 0. The van der Waals surface area contributed by atoms with Gasteiger partial charge in [0.05, 0.1) is 0 Å². The molecule has 0 aliphatic heterocycles. The van der Waals surface area contributed by atoms with E-state index in [4.69, 9.17) is 5.73 Å². The van der Waals surface area contributed by atoms with E-state index in [0.717, 1.165) is 5.69 Å². The number of benzene rings is 3. The van der Waals surface area contributed by atoms with Crippen molar-refractivity contribution in [2.24, 2.45) is 0 Å². The predicted molar refractivity (Wildman–Crippen MR) is 72.8 cm³/mol. The lowest BCUT2D eigenvalue weighted by Crippen LogP contribution is -1.85. The van der Waals surface area contributed by atoms with E-state index < -0.39 is 0 Å². The Hall–Kier alpha value is -2.28. The van der Waals surface area contributed by atoms with Gasteiger partial charge in [-0.25, -0.2) is 0 Å². The Bertz CT molecular complexity index is 751. The molecule has 1 aliphatic rings. The van der Waals surface area contributed by atoms with Gasteiger partial charge >= 0.3 is 0 Å². The summed E-state index contributed by atoms with van der Waals surface area (Å²) in [6, 6.07) is 19.1. The minimum absolute atomic E-state index is 0.827. The smallest absolute Gasteiger partial charge is 0.0320 e. The second-order valence-electron chi connectivity index (χ2n) is 4.51. The quantitative estimate of drug-likeness (QED) is 0.441. The number of hydrogen-bond donors (Lipinski definition) is 1. The normalized spacial score (nSPS) is 11.8. The standard InChI is InChI=1S/C16H11N/c17-11-7-8-12-13-5-1-3-10-4-2-6-14(16(10)13)15(12)9-11/h1-9H,17H2. The zero-order valence-corrected chi connectivity index (χ0v) is 9.27. The summed E-state index contributed by atoms with van der Waals surface area (Å²) in [5.74, 6) is 0. The number of anilines is 1. The van der Waals surface area contributed by atoms with Crippen molar-refractivity contribution in [2.75, 3.05) is 5.73 Å². The van der Waals surface area contributed by atoms with Crippen LogP contribution in [0, 0.1) is 0 Å². The molecule has 0 atom stereocenters. The lowest BCUT2D eigenvalue weighted by Gasteiger charge is -2.02. The Labute approximate surface area is 99.5 Å². The fraction of sp³-hybridized carbons (Fsp3) is 0. The maximum atomic E-state index is 5.89. The van der Waals surface area contributed by atoms with Gasteiger partial charge < -0.3 is 5.73 Å². The Morgan fingerprint density at radius 3 is 2.12 bits per heavy atom. The number of rotatable bonds is 0. The summed E-state index contributed by atoms with van der Waals surface area (Å²) in [4.78, 5) is 0. The summed E-state index contributed by atoms with van der Waals surface area (Å²) in [5.41, 5.74) is 11.9. The van der Waals surface area contributed by atoms with Gasteiger partial charge in [-0.1, -0.05) is 42.5 Å². The average Bonchev–Trinajstić information content (AvgIpc) is 2.67. The first-order valence-corrected chi connectivity index (χ1v) is 5.76. The van der Waals surface area contributed by atoms with Gasteiger partial charge in [-0.2, -0.15) is 0 Å². The first-order valence-electron chi connectivity index (χ1n) is 5.76. The highest BCUT2D eigenvalue weighted by atomic mass is 14.5. The molecule has 2 N–H and O–H groups in total. The first kappa shape index (κ1) is 8.82. The Morgan fingerprint density at radius 1 is 0.647 bits per heavy atom. The molecule has 80 valence electrons. The van der Waals surface area contributed by atoms with Gasteiger partial charge in [-0.3, -0.25) is 0 Å². The fourth-order valence-corrected chi connectivity index (χ4v) is 2.81. The third kappa shape index (κ3) is 1.03. The Morgan fingerprint density at radius 2 is 1.35 bits per heavy atom. The number of fused-ring (bicyclic) bond motifs is 3. The lowest BCUT2D eigenvalue weighted by molar-refractivity contribution is 1.67. The molecule has 4 rings (SSSR count). The molecule has 0 bridgehead atoms. The van der Waals surface area contributed by atoms with Crippen LogP contribution >= 0.6 is 0 Å². The third-order valence-electron chi connectivity index (χ3n) is 3.53. The van der Waals surface area contributed by atoms with E-state index in [9.17, 15) is 0 Å². The van der Waals surface area contributed by atoms with Gasteiger partial charge in [0.1, 0.15) is 0 Å². The second kappa shape index (κ2) is 2.89. The first-order chi connectivity index (χ1) is 8.34. The lowest BCUT2D eigenvalue weighted by atomic mass is 10.0. The monoisotopic (exact) mass is 217 g/mol. The zero-order chi connectivity index (χ0) is 11.4. The Balaban J connectivity index is 2.26. The molecule has 0 heterocycles. The molecule has 0 aromatic heterocycles. The summed E-state index contributed by atoms with van der Waals surface area (Å²) in [6.45, 7) is 0. The molecule has 0 saturated carbocycles. The molecular weight excluding hydrogens is 206 g/mol. The Kier molecular flexibility index (Phi) is 1.50. The maximum absolute atomic E-state index is 5.89. The van der Waals surface area contributed by atoms with E-state index in [-0.39, 0.29) is 0 Å². The van der Waals surface area contributed by atoms with Gasteiger partial charge in [0.25, 0.3) is 0 Å². The van der Waals surface area contributed by atoms with Crippen LogP contribution in [-0.4, -0.2) is 0 Å². The summed E-state index contributed by atoms with van der Waals surface area (Å²) in [5, 5.41) is 2.66. The van der Waals surface area contributed by atoms with E-state index in [1.165, 1.54) is 33.0 Å². The predicted octanol–water partition coefficient (Wildman–Crippen LogP) is 4.07. The molecule has 0 amide bonds. The number of nitrogen functional groups attached to an aromatic ring is 1. The van der Waals surface area contributed by atoms with Crippen LogP contribution < -0.4 is 5.73 Å². The van der Waals surface area contributed by atoms with Crippen molar-refractivity contribution in [2.45, 2.75) is 0 Å². The van der Waals surface area contributed by atoms with Gasteiger partial charge in [0.15, 0.2) is 0 Å².